The molecule has 6 nitrogen and oxygen atoms in total. The van der Waals surface area contributed by atoms with Crippen LogP contribution in [0.1, 0.15) is 33.6 Å². The van der Waals surface area contributed by atoms with Crippen molar-refractivity contribution in [1.82, 2.24) is 14.9 Å². The fourth-order valence-corrected chi connectivity index (χ4v) is 4.28. The summed E-state index contributed by atoms with van der Waals surface area (Å²) in [5.74, 6) is 0.182. The Morgan fingerprint density at radius 3 is 2.89 bits per heavy atom. The second kappa shape index (κ2) is 9.29. The second-order valence-corrected chi connectivity index (χ2v) is 9.25. The summed E-state index contributed by atoms with van der Waals surface area (Å²) in [6.07, 6.45) is 2.12. The first kappa shape index (κ1) is 21.1. The number of nitrogens with zero attached hydrogens (tertiary/aromatic N) is 2. The summed E-state index contributed by atoms with van der Waals surface area (Å²) in [6, 6.07) is 5.11. The first-order valence-corrected chi connectivity index (χ1v) is 10.9. The van der Waals surface area contributed by atoms with Gasteiger partial charge in [0.15, 0.2) is 5.16 Å². The van der Waals surface area contributed by atoms with Gasteiger partial charge in [-0.05, 0) is 43.9 Å². The fraction of sp³-hybridized carbons (Fsp3) is 0.550. The fourth-order valence-electron chi connectivity index (χ4n) is 3.16. The van der Waals surface area contributed by atoms with E-state index in [1.807, 2.05) is 20.8 Å². The van der Waals surface area contributed by atoms with Gasteiger partial charge in [-0.15, -0.1) is 0 Å². The molecule has 3 rings (SSSR count). The molecule has 1 aliphatic heterocycles. The summed E-state index contributed by atoms with van der Waals surface area (Å²) in [4.78, 5) is 30.2. The van der Waals surface area contributed by atoms with Gasteiger partial charge < -0.3 is 10.1 Å². The maximum absolute atomic E-state index is 13.0. The Morgan fingerprint density at radius 1 is 1.43 bits per heavy atom. The number of carbonyl (C=O) groups excluding carboxylic acids is 1. The number of fused-ring (bicyclic) bond motifs is 1. The molecule has 1 aromatic heterocycles. The standard InChI is InChI=1S/C20H26ClN3O3S/c1-12(2)11-24-19(26)16-9-14(21)6-7-17(16)23-20(24)28-13(3)18(25)22-10-15-5-4-8-27-15/h6-7,9,12-13,15H,4-5,8,10-11H2,1-3H3,(H,22,25)/t13-,15-/m0/s1. The maximum atomic E-state index is 13.0. The van der Waals surface area contributed by atoms with E-state index in [1.165, 1.54) is 11.8 Å². The zero-order chi connectivity index (χ0) is 20.3. The van der Waals surface area contributed by atoms with Gasteiger partial charge in [0.2, 0.25) is 5.91 Å². The second-order valence-electron chi connectivity index (χ2n) is 7.51. The monoisotopic (exact) mass is 423 g/mol. The number of halogens is 1. The smallest absolute Gasteiger partial charge is 0.262 e. The molecule has 2 heterocycles. The molecule has 0 radical (unpaired) electrons. The van der Waals surface area contributed by atoms with Gasteiger partial charge in [-0.25, -0.2) is 4.98 Å². The quantitative estimate of drug-likeness (QED) is 0.545. The summed E-state index contributed by atoms with van der Waals surface area (Å²) in [7, 11) is 0. The topological polar surface area (TPSA) is 73.2 Å². The molecule has 0 aliphatic carbocycles. The van der Waals surface area contributed by atoms with E-state index >= 15 is 0 Å². The Kier molecular flexibility index (Phi) is 7.01. The number of nitrogens with one attached hydrogen (secondary N) is 1. The average Bonchev–Trinajstić information content (AvgIpc) is 3.17. The van der Waals surface area contributed by atoms with Crippen LogP contribution in [0.4, 0.5) is 0 Å². The SMILES string of the molecule is CC(C)Cn1c(S[C@@H](C)C(=O)NC[C@@H]2CCCO2)nc2ccc(Cl)cc2c1=O. The van der Waals surface area contributed by atoms with Crippen LogP contribution in [0.5, 0.6) is 0 Å². The van der Waals surface area contributed by atoms with Crippen molar-refractivity contribution in [2.75, 3.05) is 13.2 Å². The molecule has 0 bridgehead atoms. The first-order valence-electron chi connectivity index (χ1n) is 9.61. The molecule has 152 valence electrons. The summed E-state index contributed by atoms with van der Waals surface area (Å²) in [5.41, 5.74) is 0.458. The first-order chi connectivity index (χ1) is 13.3. The van der Waals surface area contributed by atoms with Crippen molar-refractivity contribution in [3.63, 3.8) is 0 Å². The van der Waals surface area contributed by atoms with Crippen molar-refractivity contribution in [2.24, 2.45) is 5.92 Å². The van der Waals surface area contributed by atoms with Crippen LogP contribution in [0, 0.1) is 5.92 Å². The summed E-state index contributed by atoms with van der Waals surface area (Å²) < 4.78 is 7.20. The van der Waals surface area contributed by atoms with Crippen molar-refractivity contribution in [1.29, 1.82) is 0 Å². The van der Waals surface area contributed by atoms with Gasteiger partial charge in [0.05, 0.1) is 22.3 Å². The maximum Gasteiger partial charge on any atom is 0.262 e. The van der Waals surface area contributed by atoms with E-state index in [0.717, 1.165) is 19.4 Å². The van der Waals surface area contributed by atoms with Crippen molar-refractivity contribution in [2.45, 2.75) is 56.7 Å². The predicted octanol–water partition coefficient (Wildman–Crippen LogP) is 3.48. The molecule has 0 saturated carbocycles. The number of hydrogen-bond donors (Lipinski definition) is 1. The average molecular weight is 424 g/mol. The molecule has 0 spiro atoms. The van der Waals surface area contributed by atoms with Crippen molar-refractivity contribution < 1.29 is 9.53 Å². The molecule has 1 saturated heterocycles. The lowest BCUT2D eigenvalue weighted by atomic mass is 10.2. The minimum Gasteiger partial charge on any atom is -0.376 e. The van der Waals surface area contributed by atoms with E-state index in [2.05, 4.69) is 10.3 Å². The Morgan fingerprint density at radius 2 is 2.21 bits per heavy atom. The van der Waals surface area contributed by atoms with E-state index in [9.17, 15) is 9.59 Å². The van der Waals surface area contributed by atoms with Crippen LogP contribution in [0.15, 0.2) is 28.2 Å². The van der Waals surface area contributed by atoms with Crippen LogP contribution in [0.25, 0.3) is 10.9 Å². The van der Waals surface area contributed by atoms with Crippen LogP contribution < -0.4 is 10.9 Å². The summed E-state index contributed by atoms with van der Waals surface area (Å²) in [6.45, 7) is 7.72. The largest absolute Gasteiger partial charge is 0.376 e. The van der Waals surface area contributed by atoms with Gasteiger partial charge in [0.1, 0.15) is 0 Å². The third-order valence-corrected chi connectivity index (χ3v) is 5.93. The van der Waals surface area contributed by atoms with Crippen LogP contribution in [-0.2, 0) is 16.1 Å². The van der Waals surface area contributed by atoms with Gasteiger partial charge in [0.25, 0.3) is 5.56 Å². The Bertz CT molecular complexity index is 909. The van der Waals surface area contributed by atoms with Crippen LogP contribution >= 0.6 is 23.4 Å². The minimum absolute atomic E-state index is 0.0814. The van der Waals surface area contributed by atoms with Crippen LogP contribution in [0.2, 0.25) is 5.02 Å². The number of thioether (sulfide) groups is 1. The van der Waals surface area contributed by atoms with Crippen molar-refractivity contribution >= 4 is 40.2 Å². The third kappa shape index (κ3) is 5.07. The lowest BCUT2D eigenvalue weighted by Crippen LogP contribution is -2.37. The van der Waals surface area contributed by atoms with E-state index in [0.29, 0.717) is 34.2 Å². The number of carbonyl (C=O) groups is 1. The van der Waals surface area contributed by atoms with Gasteiger partial charge in [-0.2, -0.15) is 0 Å². The molecule has 1 aliphatic rings. The molecule has 1 amide bonds. The van der Waals surface area contributed by atoms with Crippen LogP contribution in [0.3, 0.4) is 0 Å². The molecule has 8 heteroatoms. The van der Waals surface area contributed by atoms with Gasteiger partial charge in [0, 0.05) is 24.7 Å². The lowest BCUT2D eigenvalue weighted by molar-refractivity contribution is -0.120. The summed E-state index contributed by atoms with van der Waals surface area (Å²) in [5, 5.41) is 4.12. The Hall–Kier alpha value is -1.57. The molecule has 2 atom stereocenters. The predicted molar refractivity (Wildman–Crippen MR) is 113 cm³/mol. The molecule has 1 N–H and O–H groups in total. The van der Waals surface area contributed by atoms with Crippen LogP contribution in [-0.4, -0.2) is 40.0 Å². The number of amides is 1. The highest BCUT2D eigenvalue weighted by Crippen LogP contribution is 2.24. The molecule has 1 aromatic carbocycles. The van der Waals surface area contributed by atoms with Gasteiger partial charge in [-0.3, -0.25) is 14.2 Å². The molecule has 0 unspecified atom stereocenters. The highest BCUT2D eigenvalue weighted by Gasteiger charge is 2.22. The van der Waals surface area contributed by atoms with E-state index < -0.39 is 0 Å². The molecule has 2 aromatic rings. The highest BCUT2D eigenvalue weighted by molar-refractivity contribution is 8.00. The number of rotatable bonds is 7. The van der Waals surface area contributed by atoms with E-state index in [-0.39, 0.29) is 28.7 Å². The number of ether oxygens (including phenoxy) is 1. The van der Waals surface area contributed by atoms with Gasteiger partial charge >= 0.3 is 0 Å². The summed E-state index contributed by atoms with van der Waals surface area (Å²) >= 11 is 7.36. The third-order valence-electron chi connectivity index (χ3n) is 4.61. The van der Waals surface area contributed by atoms with E-state index in [1.54, 1.807) is 22.8 Å². The normalized spacial score (nSPS) is 18.0. The van der Waals surface area contributed by atoms with Crippen molar-refractivity contribution in [3.05, 3.63) is 33.6 Å². The minimum atomic E-state index is -0.378. The highest BCUT2D eigenvalue weighted by atomic mass is 35.5. The number of aromatic nitrogens is 2. The molecular formula is C20H26ClN3O3S. The van der Waals surface area contributed by atoms with Gasteiger partial charge in [-0.1, -0.05) is 37.2 Å². The molecular weight excluding hydrogens is 398 g/mol. The Balaban J connectivity index is 1.82. The Labute approximate surface area is 174 Å². The molecule has 28 heavy (non-hydrogen) atoms. The zero-order valence-electron chi connectivity index (χ0n) is 16.4. The number of hydrogen-bond acceptors (Lipinski definition) is 5. The van der Waals surface area contributed by atoms with E-state index in [4.69, 9.17) is 16.3 Å². The number of benzene rings is 1. The lowest BCUT2D eigenvalue weighted by Gasteiger charge is -2.18. The molecule has 1 fully saturated rings. The van der Waals surface area contributed by atoms with Crippen molar-refractivity contribution in [3.8, 4) is 0 Å². The zero-order valence-corrected chi connectivity index (χ0v) is 18.0.